The molecule has 0 aliphatic carbocycles. The Balaban J connectivity index is 1.81. The van der Waals surface area contributed by atoms with Crippen LogP contribution in [0.5, 0.6) is 5.75 Å². The molecule has 0 spiro atoms. The van der Waals surface area contributed by atoms with E-state index >= 15 is 0 Å². The molecule has 1 aromatic heterocycles. The van der Waals surface area contributed by atoms with Crippen molar-refractivity contribution in [3.8, 4) is 5.75 Å². The number of benzene rings is 3. The van der Waals surface area contributed by atoms with Crippen LogP contribution in [-0.4, -0.2) is 29.3 Å². The summed E-state index contributed by atoms with van der Waals surface area (Å²) in [5.41, 5.74) is 5.68. The van der Waals surface area contributed by atoms with Crippen LogP contribution in [0, 0.1) is 13.8 Å². The van der Waals surface area contributed by atoms with Crippen LogP contribution >= 0.6 is 0 Å². The van der Waals surface area contributed by atoms with Crippen molar-refractivity contribution in [3.05, 3.63) is 124 Å². The molecule has 4 aromatic rings. The predicted octanol–water partition coefficient (Wildman–Crippen LogP) is 4.96. The van der Waals surface area contributed by atoms with Crippen molar-refractivity contribution in [2.24, 2.45) is 0 Å². The number of nitrogens with zero attached hydrogens (tertiary/aromatic N) is 1. The maximum absolute atomic E-state index is 13.5. The van der Waals surface area contributed by atoms with Gasteiger partial charge in [0.2, 0.25) is 0 Å². The summed E-state index contributed by atoms with van der Waals surface area (Å²) in [6.45, 7) is 3.44. The molecule has 0 saturated carbocycles. The molecule has 0 bridgehead atoms. The Morgan fingerprint density at radius 2 is 1.09 bits per heavy atom. The summed E-state index contributed by atoms with van der Waals surface area (Å²) in [4.78, 5) is 40.0. The minimum atomic E-state index is -0.374. The molecule has 1 amide bonds. The van der Waals surface area contributed by atoms with E-state index in [9.17, 15) is 14.4 Å². The van der Waals surface area contributed by atoms with Crippen molar-refractivity contribution >= 4 is 17.5 Å². The van der Waals surface area contributed by atoms with Crippen LogP contribution in [0.1, 0.15) is 53.6 Å². The lowest BCUT2D eigenvalue weighted by Gasteiger charge is -2.12. The van der Waals surface area contributed by atoms with Crippen LogP contribution in [0.25, 0.3) is 0 Å². The van der Waals surface area contributed by atoms with Crippen molar-refractivity contribution < 1.29 is 19.1 Å². The molecular weight excluding hydrogens is 428 g/mol. The number of carbonyl (C=O) groups excluding carboxylic acids is 3. The Hall–Kier alpha value is -4.45. The molecule has 4 rings (SSSR count). The number of amides is 1. The lowest BCUT2D eigenvalue weighted by molar-refractivity contribution is 0.100. The van der Waals surface area contributed by atoms with Gasteiger partial charge in [-0.3, -0.25) is 24.5 Å². The number of carbonyl (C=O) groups is 3. The van der Waals surface area contributed by atoms with E-state index in [1.54, 1.807) is 93.8 Å². The van der Waals surface area contributed by atoms with Crippen LogP contribution in [0.2, 0.25) is 0 Å². The Kier molecular flexibility index (Phi) is 6.41. The van der Waals surface area contributed by atoms with Gasteiger partial charge >= 0.3 is 0 Å². The molecule has 6 heteroatoms. The third-order valence-electron chi connectivity index (χ3n) is 5.74. The fourth-order valence-electron chi connectivity index (χ4n) is 3.94. The van der Waals surface area contributed by atoms with E-state index in [0.717, 1.165) is 0 Å². The highest BCUT2D eigenvalue weighted by molar-refractivity contribution is 6.21. The topological polar surface area (TPSA) is 77.4 Å². The molecule has 170 valence electrons. The van der Waals surface area contributed by atoms with Crippen molar-refractivity contribution in [1.82, 2.24) is 4.68 Å². The molecule has 3 aromatic carbocycles. The predicted molar refractivity (Wildman–Crippen MR) is 130 cm³/mol. The van der Waals surface area contributed by atoms with Crippen molar-refractivity contribution in [2.75, 3.05) is 12.5 Å². The van der Waals surface area contributed by atoms with Gasteiger partial charge in [-0.05, 0) is 38.1 Å². The number of methoxy groups -OCH3 is 1. The van der Waals surface area contributed by atoms with Crippen LogP contribution < -0.4 is 10.2 Å². The first-order valence-corrected chi connectivity index (χ1v) is 10.8. The molecule has 6 nitrogen and oxygen atoms in total. The largest absolute Gasteiger partial charge is 0.497 e. The highest BCUT2D eigenvalue weighted by atomic mass is 16.5. The molecule has 0 aliphatic heterocycles. The number of aromatic nitrogens is 1. The van der Waals surface area contributed by atoms with Crippen LogP contribution in [0.15, 0.2) is 84.9 Å². The summed E-state index contributed by atoms with van der Waals surface area (Å²) in [5, 5.41) is 0. The summed E-state index contributed by atoms with van der Waals surface area (Å²) < 4.78 is 6.66. The van der Waals surface area contributed by atoms with E-state index in [4.69, 9.17) is 4.74 Å². The molecule has 0 fully saturated rings. The Labute approximate surface area is 197 Å². The summed E-state index contributed by atoms with van der Waals surface area (Å²) in [6.07, 6.45) is 0. The van der Waals surface area contributed by atoms with Crippen LogP contribution in [-0.2, 0) is 0 Å². The molecule has 0 unspecified atom stereocenters. The highest BCUT2D eigenvalue weighted by Crippen LogP contribution is 2.27. The second-order valence-corrected chi connectivity index (χ2v) is 7.82. The number of hydrogen-bond donors (Lipinski definition) is 1. The van der Waals surface area contributed by atoms with Gasteiger partial charge in [-0.2, -0.15) is 0 Å². The van der Waals surface area contributed by atoms with E-state index in [0.29, 0.717) is 33.8 Å². The van der Waals surface area contributed by atoms with Gasteiger partial charge in [-0.1, -0.05) is 60.7 Å². The van der Waals surface area contributed by atoms with Gasteiger partial charge in [-0.25, -0.2) is 0 Å². The lowest BCUT2D eigenvalue weighted by Crippen LogP contribution is -2.25. The van der Waals surface area contributed by atoms with E-state index in [1.807, 2.05) is 12.1 Å². The number of ether oxygens (including phenoxy) is 1. The quantitative estimate of drug-likeness (QED) is 0.402. The minimum Gasteiger partial charge on any atom is -0.497 e. The second-order valence-electron chi connectivity index (χ2n) is 7.82. The van der Waals surface area contributed by atoms with E-state index < -0.39 is 0 Å². The van der Waals surface area contributed by atoms with Gasteiger partial charge in [0.25, 0.3) is 5.91 Å². The van der Waals surface area contributed by atoms with Gasteiger partial charge in [0.15, 0.2) is 11.6 Å². The first-order valence-electron chi connectivity index (χ1n) is 10.8. The Morgan fingerprint density at radius 3 is 1.50 bits per heavy atom. The summed E-state index contributed by atoms with van der Waals surface area (Å²) >= 11 is 0. The van der Waals surface area contributed by atoms with Crippen LogP contribution in [0.3, 0.4) is 0 Å². The van der Waals surface area contributed by atoms with Crippen LogP contribution in [0.4, 0.5) is 0 Å². The normalized spacial score (nSPS) is 10.6. The Morgan fingerprint density at radius 1 is 0.647 bits per heavy atom. The maximum atomic E-state index is 13.5. The standard InChI is InChI=1S/C28H24N2O4/c1-18-24(26(31)20-10-6-4-7-11-20)25(27(32)21-12-8-5-9-13-21)19(2)30(18)29-28(33)22-14-16-23(34-3)17-15-22/h4-17H,1-3H3,(H,29,33). The molecule has 1 N–H and O–H groups in total. The molecular formula is C28H24N2O4. The average Bonchev–Trinajstić information content (AvgIpc) is 3.13. The van der Waals surface area contributed by atoms with Gasteiger partial charge < -0.3 is 4.74 Å². The van der Waals surface area contributed by atoms with Crippen molar-refractivity contribution in [1.29, 1.82) is 0 Å². The number of hydrogen-bond acceptors (Lipinski definition) is 4. The maximum Gasteiger partial charge on any atom is 0.270 e. The number of ketones is 2. The number of rotatable bonds is 7. The van der Waals surface area contributed by atoms with Gasteiger partial charge in [-0.15, -0.1) is 0 Å². The zero-order valence-corrected chi connectivity index (χ0v) is 19.2. The molecule has 0 aliphatic rings. The molecule has 1 heterocycles. The molecule has 0 saturated heterocycles. The monoisotopic (exact) mass is 452 g/mol. The zero-order valence-electron chi connectivity index (χ0n) is 19.2. The second kappa shape index (κ2) is 9.58. The number of nitrogens with one attached hydrogen (secondary N) is 1. The molecule has 0 radical (unpaired) electrons. The van der Waals surface area contributed by atoms with E-state index in [1.165, 1.54) is 4.68 Å². The SMILES string of the molecule is COc1ccc(C(=O)Nn2c(C)c(C(=O)c3ccccc3)c(C(=O)c3ccccc3)c2C)cc1. The molecule has 0 atom stereocenters. The third kappa shape index (κ3) is 4.26. The Bertz CT molecular complexity index is 1280. The summed E-state index contributed by atoms with van der Waals surface area (Å²) in [6, 6.07) is 24.3. The first kappa shape index (κ1) is 22.7. The van der Waals surface area contributed by atoms with Crippen molar-refractivity contribution in [2.45, 2.75) is 13.8 Å². The van der Waals surface area contributed by atoms with Crippen molar-refractivity contribution in [3.63, 3.8) is 0 Å². The average molecular weight is 453 g/mol. The first-order chi connectivity index (χ1) is 16.4. The van der Waals surface area contributed by atoms with Gasteiger partial charge in [0.1, 0.15) is 5.75 Å². The fourth-order valence-corrected chi connectivity index (χ4v) is 3.94. The van der Waals surface area contributed by atoms with Gasteiger partial charge in [0.05, 0.1) is 18.2 Å². The summed E-state index contributed by atoms with van der Waals surface area (Å²) in [7, 11) is 1.55. The third-order valence-corrected chi connectivity index (χ3v) is 5.74. The van der Waals surface area contributed by atoms with E-state index in [2.05, 4.69) is 5.43 Å². The lowest BCUT2D eigenvalue weighted by atomic mass is 9.94. The minimum absolute atomic E-state index is 0.271. The van der Waals surface area contributed by atoms with Gasteiger partial charge in [0, 0.05) is 28.1 Å². The summed E-state index contributed by atoms with van der Waals surface area (Å²) in [5.74, 6) is -0.298. The van der Waals surface area contributed by atoms with E-state index in [-0.39, 0.29) is 28.6 Å². The zero-order chi connectivity index (χ0) is 24.2. The smallest absolute Gasteiger partial charge is 0.270 e. The fraction of sp³-hybridized carbons (Fsp3) is 0.107. The molecule has 34 heavy (non-hydrogen) atoms. The highest BCUT2D eigenvalue weighted by Gasteiger charge is 2.29.